The number of anilines is 1. The number of benzene rings is 2. The quantitative estimate of drug-likeness (QED) is 0.518. The van der Waals surface area contributed by atoms with Crippen LogP contribution in [0.25, 0.3) is 21.9 Å². The van der Waals surface area contributed by atoms with Crippen molar-refractivity contribution in [2.75, 3.05) is 24.5 Å². The van der Waals surface area contributed by atoms with Gasteiger partial charge in [-0.15, -0.1) is 0 Å². The molecule has 0 radical (unpaired) electrons. The van der Waals surface area contributed by atoms with Crippen molar-refractivity contribution in [3.05, 3.63) is 54.0 Å². The molecule has 2 fully saturated rings. The highest BCUT2D eigenvalue weighted by atomic mass is 19.1. The molecule has 0 bridgehead atoms. The molecule has 9 heteroatoms. The van der Waals surface area contributed by atoms with Crippen LogP contribution >= 0.6 is 0 Å². The Morgan fingerprint density at radius 2 is 1.94 bits per heavy atom. The highest BCUT2D eigenvalue weighted by Crippen LogP contribution is 2.35. The minimum Gasteiger partial charge on any atom is -0.356 e. The number of fused-ring (bicyclic) bond motifs is 2. The van der Waals surface area contributed by atoms with E-state index < -0.39 is 0 Å². The van der Waals surface area contributed by atoms with Crippen molar-refractivity contribution in [1.29, 1.82) is 0 Å². The molecule has 0 unspecified atom stereocenters. The minimum absolute atomic E-state index is 0.0104. The molecule has 0 saturated carbocycles. The Bertz CT molecular complexity index is 1370. The van der Waals surface area contributed by atoms with Gasteiger partial charge in [0.25, 0.3) is 0 Å². The van der Waals surface area contributed by atoms with E-state index in [4.69, 9.17) is 4.52 Å². The molecule has 4 aromatic rings. The molecule has 2 amide bonds. The summed E-state index contributed by atoms with van der Waals surface area (Å²) in [5.41, 5.74) is 2.13. The Balaban J connectivity index is 1.13. The maximum atomic E-state index is 13.4. The molecule has 2 aromatic heterocycles. The first-order valence-electron chi connectivity index (χ1n) is 11.2. The lowest BCUT2D eigenvalue weighted by Gasteiger charge is -2.32. The van der Waals surface area contributed by atoms with Crippen LogP contribution in [0.5, 0.6) is 0 Å². The molecular formula is C24H22FN5O3. The molecule has 1 atom stereocenters. The van der Waals surface area contributed by atoms with Gasteiger partial charge in [0.2, 0.25) is 11.8 Å². The van der Waals surface area contributed by atoms with E-state index in [1.54, 1.807) is 11.0 Å². The third-order valence-electron chi connectivity index (χ3n) is 6.84. The molecule has 8 nitrogen and oxygen atoms in total. The van der Waals surface area contributed by atoms with Gasteiger partial charge in [0.05, 0.1) is 17.1 Å². The molecule has 2 aliphatic heterocycles. The van der Waals surface area contributed by atoms with Crippen LogP contribution in [-0.2, 0) is 9.59 Å². The minimum atomic E-state index is -0.375. The Morgan fingerprint density at radius 3 is 2.79 bits per heavy atom. The summed E-state index contributed by atoms with van der Waals surface area (Å²) >= 11 is 0. The van der Waals surface area contributed by atoms with E-state index in [9.17, 15) is 14.0 Å². The number of para-hydroxylation sites is 1. The lowest BCUT2D eigenvalue weighted by molar-refractivity contribution is -0.136. The number of rotatable bonds is 3. The molecule has 2 saturated heterocycles. The van der Waals surface area contributed by atoms with Crippen molar-refractivity contribution in [3.63, 3.8) is 0 Å². The maximum Gasteiger partial charge on any atom is 0.229 e. The van der Waals surface area contributed by atoms with Crippen LogP contribution in [0.4, 0.5) is 10.2 Å². The summed E-state index contributed by atoms with van der Waals surface area (Å²) in [4.78, 5) is 29.4. The van der Waals surface area contributed by atoms with Crippen molar-refractivity contribution in [2.45, 2.75) is 25.2 Å². The summed E-state index contributed by atoms with van der Waals surface area (Å²) in [6.07, 6.45) is 1.69. The molecule has 168 valence electrons. The van der Waals surface area contributed by atoms with Gasteiger partial charge in [-0.1, -0.05) is 17.3 Å². The lowest BCUT2D eigenvalue weighted by atomic mass is 9.91. The number of amides is 2. The number of aromatic nitrogens is 3. The van der Waals surface area contributed by atoms with Crippen LogP contribution in [-0.4, -0.2) is 51.7 Å². The fraction of sp³-hybridized carbons (Fsp3) is 0.333. The molecule has 2 aliphatic rings. The number of nitrogens with zero attached hydrogens (tertiary/aromatic N) is 4. The molecule has 6 rings (SSSR count). The molecule has 33 heavy (non-hydrogen) atoms. The van der Waals surface area contributed by atoms with Gasteiger partial charge in [-0.25, -0.2) is 4.39 Å². The van der Waals surface area contributed by atoms with Crippen molar-refractivity contribution < 1.29 is 18.5 Å². The van der Waals surface area contributed by atoms with Gasteiger partial charge in [0.1, 0.15) is 5.82 Å². The number of nitrogens with one attached hydrogen (secondary N) is 1. The molecule has 0 aliphatic carbocycles. The molecule has 2 aromatic carbocycles. The first-order chi connectivity index (χ1) is 16.1. The van der Waals surface area contributed by atoms with Gasteiger partial charge in [0.15, 0.2) is 11.4 Å². The summed E-state index contributed by atoms with van der Waals surface area (Å²) in [5, 5.41) is 13.1. The second-order valence-corrected chi connectivity index (χ2v) is 8.81. The summed E-state index contributed by atoms with van der Waals surface area (Å²) in [6.45, 7) is 1.52. The topological polar surface area (TPSA) is 95.3 Å². The van der Waals surface area contributed by atoms with Gasteiger partial charge >= 0.3 is 0 Å². The van der Waals surface area contributed by atoms with E-state index in [2.05, 4.69) is 15.4 Å². The average Bonchev–Trinajstić information content (AvgIpc) is 3.55. The predicted octanol–water partition coefficient (Wildman–Crippen LogP) is 3.60. The number of carbonyl (C=O) groups excluding carboxylic acids is 2. The monoisotopic (exact) mass is 447 g/mol. The van der Waals surface area contributed by atoms with E-state index >= 15 is 0 Å². The van der Waals surface area contributed by atoms with E-state index in [0.717, 1.165) is 34.8 Å². The molecular weight excluding hydrogens is 425 g/mol. The van der Waals surface area contributed by atoms with Gasteiger partial charge in [-0.05, 0) is 37.1 Å². The normalized spacial score (nSPS) is 19.8. The van der Waals surface area contributed by atoms with Crippen LogP contribution in [0, 0.1) is 11.7 Å². The first-order valence-corrected chi connectivity index (χ1v) is 11.2. The molecule has 0 spiro atoms. The van der Waals surface area contributed by atoms with Crippen LogP contribution in [0.15, 0.2) is 47.0 Å². The SMILES string of the molecule is O=C([C@@H]1CC(=O)N(c2n[nH]c3ccccc23)C1)N1CCC(c2noc3cc(F)ccc23)CC1. The van der Waals surface area contributed by atoms with Gasteiger partial charge < -0.3 is 9.42 Å². The Hall–Kier alpha value is -3.75. The summed E-state index contributed by atoms with van der Waals surface area (Å²) in [7, 11) is 0. The zero-order valence-corrected chi connectivity index (χ0v) is 17.8. The second kappa shape index (κ2) is 7.68. The molecule has 4 heterocycles. The Kier molecular flexibility index (Phi) is 4.63. The zero-order valence-electron chi connectivity index (χ0n) is 17.8. The van der Waals surface area contributed by atoms with Gasteiger partial charge in [-0.3, -0.25) is 19.6 Å². The predicted molar refractivity (Wildman–Crippen MR) is 119 cm³/mol. The highest BCUT2D eigenvalue weighted by molar-refractivity contribution is 6.05. The van der Waals surface area contributed by atoms with Crippen molar-refractivity contribution in [2.24, 2.45) is 5.92 Å². The first kappa shape index (κ1) is 19.9. The van der Waals surface area contributed by atoms with E-state index in [1.165, 1.54) is 12.1 Å². The number of hydrogen-bond acceptors (Lipinski definition) is 5. The van der Waals surface area contributed by atoms with Crippen molar-refractivity contribution in [1.82, 2.24) is 20.3 Å². The standard InChI is InChI=1S/C24H22FN5O3/c25-16-5-6-18-20(12-16)33-28-22(18)14-7-9-29(10-8-14)24(32)15-11-21(31)30(13-15)23-17-3-1-2-4-19(17)26-27-23/h1-6,12,14-15H,7-11,13H2,(H,26,27)/t15-/m1/s1. The maximum absolute atomic E-state index is 13.4. The fourth-order valence-electron chi connectivity index (χ4n) is 5.09. The summed E-state index contributed by atoms with van der Waals surface area (Å²) in [5.74, 6) is -0.0659. The third kappa shape index (κ3) is 3.35. The van der Waals surface area contributed by atoms with Gasteiger partial charge in [-0.2, -0.15) is 5.10 Å². The molecule has 1 N–H and O–H groups in total. The Morgan fingerprint density at radius 1 is 1.12 bits per heavy atom. The van der Waals surface area contributed by atoms with E-state index in [-0.39, 0.29) is 35.9 Å². The second-order valence-electron chi connectivity index (χ2n) is 8.81. The van der Waals surface area contributed by atoms with Crippen LogP contribution in [0.2, 0.25) is 0 Å². The summed E-state index contributed by atoms with van der Waals surface area (Å²) < 4.78 is 18.7. The van der Waals surface area contributed by atoms with E-state index in [1.807, 2.05) is 29.2 Å². The number of aromatic amines is 1. The Labute approximate surface area is 188 Å². The van der Waals surface area contributed by atoms with Gasteiger partial charge in [0, 0.05) is 48.8 Å². The zero-order chi connectivity index (χ0) is 22.5. The average molecular weight is 447 g/mol. The smallest absolute Gasteiger partial charge is 0.229 e. The van der Waals surface area contributed by atoms with Crippen molar-refractivity contribution >= 4 is 39.5 Å². The van der Waals surface area contributed by atoms with E-state index in [0.29, 0.717) is 31.0 Å². The number of piperidine rings is 1. The van der Waals surface area contributed by atoms with Crippen LogP contribution in [0.3, 0.4) is 0 Å². The lowest BCUT2D eigenvalue weighted by Crippen LogP contribution is -2.42. The largest absolute Gasteiger partial charge is 0.356 e. The fourth-order valence-corrected chi connectivity index (χ4v) is 5.09. The highest BCUT2D eigenvalue weighted by Gasteiger charge is 2.39. The number of H-pyrrole nitrogens is 1. The number of hydrogen-bond donors (Lipinski definition) is 1. The summed E-state index contributed by atoms with van der Waals surface area (Å²) in [6, 6.07) is 12.1. The van der Waals surface area contributed by atoms with Crippen LogP contribution in [0.1, 0.15) is 30.9 Å². The number of carbonyl (C=O) groups is 2. The van der Waals surface area contributed by atoms with Crippen LogP contribution < -0.4 is 4.90 Å². The van der Waals surface area contributed by atoms with Crippen molar-refractivity contribution in [3.8, 4) is 0 Å². The number of halogens is 1. The third-order valence-corrected chi connectivity index (χ3v) is 6.84. The number of likely N-dealkylation sites (tertiary alicyclic amines) is 1.